The second-order valence-electron chi connectivity index (χ2n) is 5.78. The number of benzene rings is 1. The molecule has 1 amide bonds. The van der Waals surface area contributed by atoms with Gasteiger partial charge in [0.25, 0.3) is 5.91 Å². The van der Waals surface area contributed by atoms with Gasteiger partial charge in [0.05, 0.1) is 16.8 Å². The van der Waals surface area contributed by atoms with E-state index >= 15 is 0 Å². The molecule has 0 saturated heterocycles. The number of aromatic nitrogens is 1. The van der Waals surface area contributed by atoms with Crippen molar-refractivity contribution in [2.45, 2.75) is 32.2 Å². The number of ether oxygens (including phenoxy) is 2. The SMILES string of the molecule is C#CCn1c(=NC(=O)C2CCCC2)sc2cc3c(cc21)OCO3. The number of amides is 1. The van der Waals surface area contributed by atoms with E-state index in [2.05, 4.69) is 10.9 Å². The molecule has 1 fully saturated rings. The minimum absolute atomic E-state index is 0.0279. The largest absolute Gasteiger partial charge is 0.454 e. The first-order valence-electron chi connectivity index (χ1n) is 7.71. The average molecular weight is 328 g/mol. The second kappa shape index (κ2) is 5.74. The molecule has 0 N–H and O–H groups in total. The molecule has 2 aromatic rings. The van der Waals surface area contributed by atoms with Gasteiger partial charge in [0.15, 0.2) is 16.3 Å². The highest BCUT2D eigenvalue weighted by atomic mass is 32.1. The maximum absolute atomic E-state index is 12.4. The number of terminal acetylenes is 1. The summed E-state index contributed by atoms with van der Waals surface area (Å²) >= 11 is 1.46. The summed E-state index contributed by atoms with van der Waals surface area (Å²) < 4.78 is 13.7. The van der Waals surface area contributed by atoms with E-state index in [0.29, 0.717) is 17.1 Å². The Morgan fingerprint density at radius 2 is 2.09 bits per heavy atom. The lowest BCUT2D eigenvalue weighted by Crippen LogP contribution is -2.19. The number of fused-ring (bicyclic) bond motifs is 2. The van der Waals surface area contributed by atoms with Gasteiger partial charge in [0.2, 0.25) is 6.79 Å². The molecule has 0 radical (unpaired) electrons. The number of hydrogen-bond donors (Lipinski definition) is 0. The lowest BCUT2D eigenvalue weighted by molar-refractivity contribution is -0.121. The number of carbonyl (C=O) groups excluding carboxylic acids is 1. The molecular weight excluding hydrogens is 312 g/mol. The Balaban J connectivity index is 1.84. The molecule has 0 bridgehead atoms. The number of carbonyl (C=O) groups is 1. The van der Waals surface area contributed by atoms with Crippen LogP contribution in [0.15, 0.2) is 17.1 Å². The molecule has 6 heteroatoms. The zero-order chi connectivity index (χ0) is 15.8. The molecule has 0 unspecified atom stereocenters. The molecule has 5 nitrogen and oxygen atoms in total. The predicted octanol–water partition coefficient (Wildman–Crippen LogP) is 2.68. The second-order valence-corrected chi connectivity index (χ2v) is 6.79. The zero-order valence-corrected chi connectivity index (χ0v) is 13.4. The predicted molar refractivity (Wildman–Crippen MR) is 87.3 cm³/mol. The van der Waals surface area contributed by atoms with Crippen LogP contribution in [0.25, 0.3) is 10.2 Å². The molecule has 1 aromatic heterocycles. The van der Waals surface area contributed by atoms with Crippen LogP contribution in [0.1, 0.15) is 25.7 Å². The van der Waals surface area contributed by atoms with Crippen LogP contribution < -0.4 is 14.3 Å². The maximum Gasteiger partial charge on any atom is 0.251 e. The molecule has 118 valence electrons. The third-order valence-electron chi connectivity index (χ3n) is 4.34. The van der Waals surface area contributed by atoms with E-state index in [1.54, 1.807) is 0 Å². The Hall–Kier alpha value is -2.26. The standard InChI is InChI=1S/C17H16N2O3S/c1-2-7-19-12-8-13-14(22-10-21-13)9-15(12)23-17(19)18-16(20)11-5-3-4-6-11/h1,8-9,11H,3-7,10H2. The summed E-state index contributed by atoms with van der Waals surface area (Å²) in [5, 5.41) is 0. The number of rotatable bonds is 2. The first kappa shape index (κ1) is 14.3. The van der Waals surface area contributed by atoms with Crippen LogP contribution in [0, 0.1) is 18.3 Å². The molecule has 1 saturated carbocycles. The van der Waals surface area contributed by atoms with Gasteiger partial charge in [-0.3, -0.25) is 4.79 Å². The van der Waals surface area contributed by atoms with Crippen LogP contribution in [-0.2, 0) is 11.3 Å². The quantitative estimate of drug-likeness (QED) is 0.797. The molecule has 1 aliphatic heterocycles. The monoisotopic (exact) mass is 328 g/mol. The topological polar surface area (TPSA) is 52.8 Å². The fraction of sp³-hybridized carbons (Fsp3) is 0.412. The van der Waals surface area contributed by atoms with Gasteiger partial charge >= 0.3 is 0 Å². The molecular formula is C17H16N2O3S. The Morgan fingerprint density at radius 1 is 1.35 bits per heavy atom. The van der Waals surface area contributed by atoms with E-state index in [4.69, 9.17) is 15.9 Å². The van der Waals surface area contributed by atoms with Crippen LogP contribution in [0.4, 0.5) is 0 Å². The summed E-state index contributed by atoms with van der Waals surface area (Å²) in [5.41, 5.74) is 0.926. The number of hydrogen-bond acceptors (Lipinski definition) is 4. The van der Waals surface area contributed by atoms with Gasteiger partial charge in [-0.2, -0.15) is 4.99 Å². The van der Waals surface area contributed by atoms with E-state index in [1.807, 2.05) is 16.7 Å². The Labute approximate surface area is 137 Å². The average Bonchev–Trinajstić information content (AvgIpc) is 3.26. The van der Waals surface area contributed by atoms with Crippen molar-refractivity contribution in [3.05, 3.63) is 16.9 Å². The zero-order valence-electron chi connectivity index (χ0n) is 12.6. The molecule has 1 aliphatic carbocycles. The summed E-state index contributed by atoms with van der Waals surface area (Å²) in [4.78, 5) is 17.4. The Morgan fingerprint density at radius 3 is 2.83 bits per heavy atom. The highest BCUT2D eigenvalue weighted by molar-refractivity contribution is 7.16. The summed E-state index contributed by atoms with van der Waals surface area (Å²) in [6.45, 7) is 0.607. The van der Waals surface area contributed by atoms with E-state index < -0.39 is 0 Å². The van der Waals surface area contributed by atoms with Crippen molar-refractivity contribution in [3.8, 4) is 23.8 Å². The van der Waals surface area contributed by atoms with E-state index in [9.17, 15) is 4.79 Å². The van der Waals surface area contributed by atoms with Crippen LogP contribution in [0.3, 0.4) is 0 Å². The summed E-state index contributed by atoms with van der Waals surface area (Å²) in [5.74, 6) is 4.10. The van der Waals surface area contributed by atoms with Gasteiger partial charge in [-0.15, -0.1) is 6.42 Å². The third-order valence-corrected chi connectivity index (χ3v) is 5.38. The first-order valence-corrected chi connectivity index (χ1v) is 8.53. The van der Waals surface area contributed by atoms with E-state index in [-0.39, 0.29) is 18.6 Å². The van der Waals surface area contributed by atoms with E-state index in [1.165, 1.54) is 11.3 Å². The number of nitrogens with zero attached hydrogens (tertiary/aromatic N) is 2. The maximum atomic E-state index is 12.4. The van der Waals surface area contributed by atoms with Crippen LogP contribution in [0.5, 0.6) is 11.5 Å². The molecule has 4 rings (SSSR count). The van der Waals surface area contributed by atoms with Gasteiger partial charge in [0, 0.05) is 18.1 Å². The minimum Gasteiger partial charge on any atom is -0.454 e. The van der Waals surface area contributed by atoms with Gasteiger partial charge in [-0.25, -0.2) is 0 Å². The van der Waals surface area contributed by atoms with Crippen LogP contribution in [0.2, 0.25) is 0 Å². The number of thiazole rings is 1. The highest BCUT2D eigenvalue weighted by Gasteiger charge is 2.23. The van der Waals surface area contributed by atoms with Crippen LogP contribution in [-0.4, -0.2) is 17.3 Å². The molecule has 2 heterocycles. The van der Waals surface area contributed by atoms with Gasteiger partial charge in [0.1, 0.15) is 0 Å². The Kier molecular flexibility index (Phi) is 3.58. The van der Waals surface area contributed by atoms with Gasteiger partial charge in [-0.05, 0) is 12.8 Å². The fourth-order valence-electron chi connectivity index (χ4n) is 3.15. The molecule has 1 aromatic carbocycles. The summed E-state index contributed by atoms with van der Waals surface area (Å²) in [6, 6.07) is 3.83. The fourth-order valence-corrected chi connectivity index (χ4v) is 4.19. The smallest absolute Gasteiger partial charge is 0.251 e. The van der Waals surface area contributed by atoms with E-state index in [0.717, 1.165) is 41.6 Å². The van der Waals surface area contributed by atoms with Crippen LogP contribution >= 0.6 is 11.3 Å². The molecule has 2 aliphatic rings. The summed E-state index contributed by atoms with van der Waals surface area (Å²) in [6.07, 6.45) is 9.61. The highest BCUT2D eigenvalue weighted by Crippen LogP contribution is 2.37. The van der Waals surface area contributed by atoms with Crippen molar-refractivity contribution in [2.75, 3.05) is 6.79 Å². The van der Waals surface area contributed by atoms with Gasteiger partial charge < -0.3 is 14.0 Å². The lowest BCUT2D eigenvalue weighted by Gasteiger charge is -2.03. The normalized spacial score (nSPS) is 17.8. The molecule has 23 heavy (non-hydrogen) atoms. The third kappa shape index (κ3) is 2.51. The van der Waals surface area contributed by atoms with Crippen molar-refractivity contribution in [1.29, 1.82) is 0 Å². The van der Waals surface area contributed by atoms with Crippen molar-refractivity contribution in [2.24, 2.45) is 10.9 Å². The van der Waals surface area contributed by atoms with Gasteiger partial charge in [-0.1, -0.05) is 30.1 Å². The first-order chi connectivity index (χ1) is 11.3. The molecule has 0 atom stereocenters. The summed E-state index contributed by atoms with van der Waals surface area (Å²) in [7, 11) is 0. The van der Waals surface area contributed by atoms with Crippen molar-refractivity contribution >= 4 is 27.5 Å². The Bertz CT molecular complexity index is 882. The molecule has 0 spiro atoms. The van der Waals surface area contributed by atoms with Crippen molar-refractivity contribution < 1.29 is 14.3 Å². The minimum atomic E-state index is -0.0279. The van der Waals surface area contributed by atoms with Crippen molar-refractivity contribution in [3.63, 3.8) is 0 Å². The lowest BCUT2D eigenvalue weighted by atomic mass is 10.1. The van der Waals surface area contributed by atoms with Crippen molar-refractivity contribution in [1.82, 2.24) is 4.57 Å².